The molecule has 7 heteroatoms. The first-order chi connectivity index (χ1) is 15.3. The lowest BCUT2D eigenvalue weighted by Crippen LogP contribution is -2.35. The van der Waals surface area contributed by atoms with Gasteiger partial charge in [-0.3, -0.25) is 10.00 Å². The van der Waals surface area contributed by atoms with E-state index in [9.17, 15) is 0 Å². The molecule has 7 nitrogen and oxygen atoms in total. The van der Waals surface area contributed by atoms with Crippen LogP contribution in [0.1, 0.15) is 11.1 Å². The number of nitrogens with one attached hydrogen (secondary N) is 2. The molecule has 2 aromatic carbocycles. The fourth-order valence-electron chi connectivity index (χ4n) is 3.76. The van der Waals surface area contributed by atoms with Crippen molar-refractivity contribution in [2.45, 2.75) is 6.54 Å². The third-order valence-corrected chi connectivity index (χ3v) is 5.34. The van der Waals surface area contributed by atoms with Crippen LogP contribution in [0.25, 0.3) is 22.0 Å². The number of anilines is 2. The Labute approximate surface area is 180 Å². The summed E-state index contributed by atoms with van der Waals surface area (Å²) in [5, 5.41) is 11.3. The third-order valence-electron chi connectivity index (χ3n) is 5.34. The number of ether oxygens (including phenoxy) is 1. The van der Waals surface area contributed by atoms with Gasteiger partial charge in [0, 0.05) is 54.2 Å². The molecule has 2 N–H and O–H groups in total. The maximum absolute atomic E-state index is 5.49. The van der Waals surface area contributed by atoms with Gasteiger partial charge in [-0.2, -0.15) is 5.10 Å². The van der Waals surface area contributed by atoms with Crippen LogP contribution in [-0.2, 0) is 11.3 Å². The van der Waals surface area contributed by atoms with Crippen LogP contribution < -0.4 is 5.32 Å². The van der Waals surface area contributed by atoms with E-state index in [1.807, 2.05) is 30.6 Å². The number of morpholine rings is 1. The summed E-state index contributed by atoms with van der Waals surface area (Å²) in [5.41, 5.74) is 5.92. The molecule has 1 saturated heterocycles. The number of fused-ring (bicyclic) bond motifs is 1. The van der Waals surface area contributed by atoms with Gasteiger partial charge < -0.3 is 10.1 Å². The zero-order valence-electron chi connectivity index (χ0n) is 17.0. The Morgan fingerprint density at radius 1 is 1.10 bits per heavy atom. The lowest BCUT2D eigenvalue weighted by Gasteiger charge is -2.27. The molecule has 1 fully saturated rings. The summed E-state index contributed by atoms with van der Waals surface area (Å²) in [6.45, 7) is 4.28. The lowest BCUT2D eigenvalue weighted by molar-refractivity contribution is 0.0342. The van der Waals surface area contributed by atoms with Crippen molar-refractivity contribution in [3.63, 3.8) is 0 Å². The molecule has 1 aliphatic heterocycles. The molecule has 0 spiro atoms. The Bertz CT molecular complexity index is 1240. The van der Waals surface area contributed by atoms with Gasteiger partial charge in [0.05, 0.1) is 24.9 Å². The molecule has 4 aromatic rings. The molecule has 0 radical (unpaired) electrons. The van der Waals surface area contributed by atoms with Crippen LogP contribution in [0.15, 0.2) is 55.0 Å². The first-order valence-corrected chi connectivity index (χ1v) is 10.2. The lowest BCUT2D eigenvalue weighted by atomic mass is 10.0. The molecule has 5 rings (SSSR count). The minimum absolute atomic E-state index is 0.544. The van der Waals surface area contributed by atoms with Gasteiger partial charge in [0.25, 0.3) is 0 Å². The predicted octanol–water partition coefficient (Wildman–Crippen LogP) is 3.58. The van der Waals surface area contributed by atoms with Gasteiger partial charge in [-0.1, -0.05) is 5.92 Å². The average Bonchev–Trinajstić information content (AvgIpc) is 3.34. The summed E-state index contributed by atoms with van der Waals surface area (Å²) in [4.78, 5) is 11.5. The number of H-pyrrole nitrogens is 1. The normalized spacial score (nSPS) is 14.4. The summed E-state index contributed by atoms with van der Waals surface area (Å²) in [5.74, 6) is 3.19. The van der Waals surface area contributed by atoms with Gasteiger partial charge in [0.2, 0.25) is 5.95 Å². The van der Waals surface area contributed by atoms with Gasteiger partial charge in [0.15, 0.2) is 0 Å². The van der Waals surface area contributed by atoms with Crippen molar-refractivity contribution in [1.29, 1.82) is 0 Å². The fourth-order valence-corrected chi connectivity index (χ4v) is 3.76. The second-order valence-corrected chi connectivity index (χ2v) is 7.53. The quantitative estimate of drug-likeness (QED) is 0.490. The standard InChI is InChI=1S/C24H22N6O/c1-2-17-3-4-23-20(9-17)13-25-24(29-23)28-22-11-18(16-30-5-7-31-8-6-30)10-19(12-22)21-14-26-27-15-21/h1,3-4,9-15H,5-8,16H2,(H,26,27)(H,25,28,29). The maximum atomic E-state index is 5.49. The van der Waals surface area contributed by atoms with E-state index in [4.69, 9.17) is 11.2 Å². The summed E-state index contributed by atoms with van der Waals surface area (Å²) >= 11 is 0. The summed E-state index contributed by atoms with van der Waals surface area (Å²) < 4.78 is 5.48. The topological polar surface area (TPSA) is 79.0 Å². The van der Waals surface area contributed by atoms with Gasteiger partial charge in [-0.05, 0) is 47.5 Å². The Balaban J connectivity index is 1.45. The zero-order valence-corrected chi connectivity index (χ0v) is 17.0. The van der Waals surface area contributed by atoms with Crippen LogP contribution in [0.2, 0.25) is 0 Å². The Hall–Kier alpha value is -3.73. The summed E-state index contributed by atoms with van der Waals surface area (Å²) in [6, 6.07) is 12.2. The molecule has 0 bridgehead atoms. The molecular weight excluding hydrogens is 388 g/mol. The minimum atomic E-state index is 0.544. The monoisotopic (exact) mass is 410 g/mol. The number of nitrogens with zero attached hydrogens (tertiary/aromatic N) is 4. The van der Waals surface area contributed by atoms with Gasteiger partial charge in [-0.25, -0.2) is 9.97 Å². The largest absolute Gasteiger partial charge is 0.379 e. The van der Waals surface area contributed by atoms with E-state index in [-0.39, 0.29) is 0 Å². The van der Waals surface area contributed by atoms with E-state index < -0.39 is 0 Å². The number of hydrogen-bond donors (Lipinski definition) is 2. The number of hydrogen-bond acceptors (Lipinski definition) is 6. The van der Waals surface area contributed by atoms with Crippen LogP contribution >= 0.6 is 0 Å². The van der Waals surface area contributed by atoms with Crippen molar-refractivity contribution in [2.75, 3.05) is 31.6 Å². The van der Waals surface area contributed by atoms with E-state index in [2.05, 4.69) is 54.5 Å². The van der Waals surface area contributed by atoms with Crippen LogP contribution in [0.3, 0.4) is 0 Å². The number of aromatic amines is 1. The Morgan fingerprint density at radius 3 is 2.81 bits per heavy atom. The number of benzene rings is 2. The molecule has 154 valence electrons. The molecule has 2 aromatic heterocycles. The Kier molecular flexibility index (Phi) is 5.31. The van der Waals surface area contributed by atoms with Crippen LogP contribution in [0.4, 0.5) is 11.6 Å². The SMILES string of the molecule is C#Cc1ccc2nc(Nc3cc(CN4CCOCC4)cc(-c4cn[nH]c4)c3)ncc2c1. The van der Waals surface area contributed by atoms with Crippen molar-refractivity contribution in [3.05, 3.63) is 66.1 Å². The van der Waals surface area contributed by atoms with Crippen molar-refractivity contribution >= 4 is 22.5 Å². The highest BCUT2D eigenvalue weighted by Gasteiger charge is 2.13. The minimum Gasteiger partial charge on any atom is -0.379 e. The molecule has 3 heterocycles. The average molecular weight is 410 g/mol. The molecule has 0 saturated carbocycles. The maximum Gasteiger partial charge on any atom is 0.227 e. The molecule has 0 atom stereocenters. The van der Waals surface area contributed by atoms with E-state index in [0.29, 0.717) is 5.95 Å². The summed E-state index contributed by atoms with van der Waals surface area (Å²) in [6.07, 6.45) is 11.0. The Morgan fingerprint density at radius 2 is 2.00 bits per heavy atom. The highest BCUT2D eigenvalue weighted by atomic mass is 16.5. The summed E-state index contributed by atoms with van der Waals surface area (Å²) in [7, 11) is 0. The molecule has 0 aliphatic carbocycles. The fraction of sp³-hybridized carbons (Fsp3) is 0.208. The van der Waals surface area contributed by atoms with Crippen molar-refractivity contribution in [1.82, 2.24) is 25.1 Å². The second-order valence-electron chi connectivity index (χ2n) is 7.53. The van der Waals surface area contributed by atoms with Crippen molar-refractivity contribution in [2.24, 2.45) is 0 Å². The van der Waals surface area contributed by atoms with E-state index in [0.717, 1.165) is 66.1 Å². The van der Waals surface area contributed by atoms with Gasteiger partial charge in [-0.15, -0.1) is 6.42 Å². The molecule has 0 amide bonds. The second kappa shape index (κ2) is 8.56. The highest BCUT2D eigenvalue weighted by Crippen LogP contribution is 2.27. The predicted molar refractivity (Wildman–Crippen MR) is 121 cm³/mol. The molecule has 0 unspecified atom stereocenters. The van der Waals surface area contributed by atoms with Crippen molar-refractivity contribution < 1.29 is 4.74 Å². The first-order valence-electron chi connectivity index (χ1n) is 10.2. The van der Waals surface area contributed by atoms with Crippen LogP contribution in [-0.4, -0.2) is 51.4 Å². The van der Waals surface area contributed by atoms with Crippen LogP contribution in [0.5, 0.6) is 0 Å². The number of rotatable bonds is 5. The third kappa shape index (κ3) is 4.40. The van der Waals surface area contributed by atoms with E-state index in [1.54, 1.807) is 6.20 Å². The van der Waals surface area contributed by atoms with Gasteiger partial charge >= 0.3 is 0 Å². The van der Waals surface area contributed by atoms with E-state index in [1.165, 1.54) is 5.56 Å². The van der Waals surface area contributed by atoms with E-state index >= 15 is 0 Å². The highest BCUT2D eigenvalue weighted by molar-refractivity contribution is 5.81. The smallest absolute Gasteiger partial charge is 0.227 e. The van der Waals surface area contributed by atoms with Gasteiger partial charge in [0.1, 0.15) is 0 Å². The number of aromatic nitrogens is 4. The molecule has 31 heavy (non-hydrogen) atoms. The van der Waals surface area contributed by atoms with Crippen LogP contribution in [0, 0.1) is 12.3 Å². The molecular formula is C24H22N6O. The zero-order chi connectivity index (χ0) is 21.0. The van der Waals surface area contributed by atoms with Crippen molar-refractivity contribution in [3.8, 4) is 23.5 Å². The first kappa shape index (κ1) is 19.2. The number of terminal acetylenes is 1. The molecule has 1 aliphatic rings.